The number of allylic oxidation sites excluding steroid dienone is 1. The molecule has 3 nitrogen and oxygen atoms in total. The maximum absolute atomic E-state index is 5.49. The first-order valence-corrected chi connectivity index (χ1v) is 16.7. The quantitative estimate of drug-likeness (QED) is 0.118. The fourth-order valence-electron chi connectivity index (χ4n) is 4.74. The minimum atomic E-state index is -3.00. The Morgan fingerprint density at radius 2 is 0.943 bits per heavy atom. The predicted molar refractivity (Wildman–Crippen MR) is 156 cm³/mol. The van der Waals surface area contributed by atoms with Gasteiger partial charge < -0.3 is 0 Å². The van der Waals surface area contributed by atoms with Crippen LogP contribution in [0.25, 0.3) is 0 Å². The molecule has 0 aromatic heterocycles. The van der Waals surface area contributed by atoms with Crippen LogP contribution < -0.4 is 30.1 Å². The number of benzene rings is 3. The van der Waals surface area contributed by atoms with Gasteiger partial charge in [0, 0.05) is 0 Å². The van der Waals surface area contributed by atoms with Crippen LogP contribution in [-0.4, -0.2) is 27.5 Å². The Hall–Kier alpha value is -2.29. The normalized spacial score (nSPS) is 12.4. The molecular formula is C30H38BrO3P. The van der Waals surface area contributed by atoms with E-state index in [4.69, 9.17) is 14.2 Å². The molecule has 0 aliphatic carbocycles. The van der Waals surface area contributed by atoms with Crippen LogP contribution in [0.5, 0.6) is 17.2 Å². The molecule has 188 valence electrons. The molecule has 0 N–H and O–H groups in total. The van der Waals surface area contributed by atoms with Crippen molar-refractivity contribution in [2.24, 2.45) is 0 Å². The zero-order valence-electron chi connectivity index (χ0n) is 21.2. The third-order valence-corrected chi connectivity index (χ3v) is 16.8. The molecule has 0 aliphatic rings. The molecule has 0 fully saturated rings. The summed E-state index contributed by atoms with van der Waals surface area (Å²) >= 11 is 4.55. The van der Waals surface area contributed by atoms with Crippen LogP contribution in [0.1, 0.15) is 38.5 Å². The van der Waals surface area contributed by atoms with Crippen molar-refractivity contribution in [2.45, 2.75) is 38.5 Å². The van der Waals surface area contributed by atoms with Crippen molar-refractivity contribution in [2.75, 3.05) is 27.5 Å². The van der Waals surface area contributed by atoms with Gasteiger partial charge in [-0.05, 0) is 0 Å². The third kappa shape index (κ3) is 5.93. The number of rotatable bonds is 14. The van der Waals surface area contributed by atoms with Gasteiger partial charge in [0.15, 0.2) is 0 Å². The maximum atomic E-state index is 5.49. The SMILES string of the molecule is C=CCCCCCCCP(Br)(c1ccc(OC)cc1)(c1ccc(OC)cc1)c1ccc(OC)cc1. The summed E-state index contributed by atoms with van der Waals surface area (Å²) in [5.41, 5.74) is 0. The average molecular weight is 558 g/mol. The monoisotopic (exact) mass is 556 g/mol. The minimum absolute atomic E-state index is 0.859. The Kier molecular flexibility index (Phi) is 9.83. The van der Waals surface area contributed by atoms with E-state index in [-0.39, 0.29) is 0 Å². The van der Waals surface area contributed by atoms with E-state index in [1.54, 1.807) is 21.3 Å². The van der Waals surface area contributed by atoms with Gasteiger partial charge in [0.25, 0.3) is 0 Å². The van der Waals surface area contributed by atoms with Crippen LogP contribution in [0.4, 0.5) is 0 Å². The molecule has 3 aromatic rings. The predicted octanol–water partition coefficient (Wildman–Crippen LogP) is 7.38. The Balaban J connectivity index is 2.13. The van der Waals surface area contributed by atoms with Crippen molar-refractivity contribution in [3.8, 4) is 17.2 Å². The summed E-state index contributed by atoms with van der Waals surface area (Å²) in [6.45, 7) is 3.85. The molecule has 0 heterocycles. The molecule has 0 amide bonds. The first-order chi connectivity index (χ1) is 17.0. The van der Waals surface area contributed by atoms with Gasteiger partial charge in [-0.3, -0.25) is 0 Å². The molecule has 0 aliphatic heterocycles. The summed E-state index contributed by atoms with van der Waals surface area (Å²) in [4.78, 5) is 0. The van der Waals surface area contributed by atoms with Gasteiger partial charge in [0.2, 0.25) is 0 Å². The number of unbranched alkanes of at least 4 members (excludes halogenated alkanes) is 5. The van der Waals surface area contributed by atoms with Crippen LogP contribution in [0.2, 0.25) is 0 Å². The van der Waals surface area contributed by atoms with Gasteiger partial charge in [0.05, 0.1) is 0 Å². The average Bonchev–Trinajstić information content (AvgIpc) is 2.92. The fourth-order valence-corrected chi connectivity index (χ4v) is 12.4. The van der Waals surface area contributed by atoms with Gasteiger partial charge in [-0.2, -0.15) is 0 Å². The van der Waals surface area contributed by atoms with Crippen molar-refractivity contribution in [1.82, 2.24) is 0 Å². The van der Waals surface area contributed by atoms with E-state index in [1.807, 2.05) is 6.08 Å². The van der Waals surface area contributed by atoms with Crippen molar-refractivity contribution in [1.29, 1.82) is 0 Å². The Morgan fingerprint density at radius 3 is 1.29 bits per heavy atom. The van der Waals surface area contributed by atoms with Crippen LogP contribution in [-0.2, 0) is 0 Å². The first-order valence-electron chi connectivity index (χ1n) is 12.3. The zero-order chi connectivity index (χ0) is 25.2. The van der Waals surface area contributed by atoms with Crippen molar-refractivity contribution in [3.63, 3.8) is 0 Å². The third-order valence-electron chi connectivity index (χ3n) is 6.82. The van der Waals surface area contributed by atoms with E-state index < -0.39 is 5.31 Å². The Labute approximate surface area is 219 Å². The Morgan fingerprint density at radius 1 is 0.600 bits per heavy atom. The molecule has 3 aromatic carbocycles. The number of methoxy groups -OCH3 is 3. The van der Waals surface area contributed by atoms with E-state index in [9.17, 15) is 0 Å². The van der Waals surface area contributed by atoms with Crippen LogP contribution >= 0.6 is 20.8 Å². The second-order valence-electron chi connectivity index (χ2n) is 8.85. The zero-order valence-corrected chi connectivity index (χ0v) is 23.7. The molecule has 0 saturated heterocycles. The van der Waals surface area contributed by atoms with E-state index in [2.05, 4.69) is 94.9 Å². The van der Waals surface area contributed by atoms with Crippen LogP contribution in [0.3, 0.4) is 0 Å². The van der Waals surface area contributed by atoms with Crippen molar-refractivity contribution >= 4 is 36.7 Å². The number of hydrogen-bond acceptors (Lipinski definition) is 3. The Bertz CT molecular complexity index is 944. The van der Waals surface area contributed by atoms with Gasteiger partial charge >= 0.3 is 220 Å². The van der Waals surface area contributed by atoms with Crippen LogP contribution in [0.15, 0.2) is 85.5 Å². The van der Waals surface area contributed by atoms with Gasteiger partial charge in [0.1, 0.15) is 0 Å². The standard InChI is InChI=1S/C30H38BrO3P/c1-5-6-7-8-9-10-11-24-35(31,28-18-12-25(32-2)13-19-28,29-20-14-26(33-3)15-21-29)30-22-16-27(34-4)17-23-30/h5,12-23H,1,6-11,24H2,2-4H3. The van der Waals surface area contributed by atoms with Crippen molar-refractivity contribution in [3.05, 3.63) is 85.5 Å². The summed E-state index contributed by atoms with van der Waals surface area (Å²) in [6.07, 6.45) is 10.2. The first kappa shape index (κ1) is 27.3. The molecule has 0 spiro atoms. The number of halogens is 1. The summed E-state index contributed by atoms with van der Waals surface area (Å²) in [5.74, 6) is 2.58. The van der Waals surface area contributed by atoms with Gasteiger partial charge in [-0.1, -0.05) is 0 Å². The van der Waals surface area contributed by atoms with E-state index in [0.29, 0.717) is 0 Å². The van der Waals surface area contributed by atoms with E-state index >= 15 is 0 Å². The van der Waals surface area contributed by atoms with Gasteiger partial charge in [-0.15, -0.1) is 0 Å². The molecule has 0 bridgehead atoms. The molecule has 0 radical (unpaired) electrons. The van der Waals surface area contributed by atoms with Crippen molar-refractivity contribution < 1.29 is 14.2 Å². The number of ether oxygens (including phenoxy) is 3. The van der Waals surface area contributed by atoms with E-state index in [1.165, 1.54) is 41.6 Å². The van der Waals surface area contributed by atoms with Crippen LogP contribution in [0, 0.1) is 0 Å². The molecule has 35 heavy (non-hydrogen) atoms. The summed E-state index contributed by atoms with van der Waals surface area (Å²) < 4.78 is 16.5. The van der Waals surface area contributed by atoms with Gasteiger partial charge in [-0.25, -0.2) is 0 Å². The fraction of sp³-hybridized carbons (Fsp3) is 0.333. The molecule has 0 unspecified atom stereocenters. The number of hydrogen-bond donors (Lipinski definition) is 0. The molecule has 0 atom stereocenters. The summed E-state index contributed by atoms with van der Waals surface area (Å²) in [7, 11) is 5.13. The summed E-state index contributed by atoms with van der Waals surface area (Å²) in [6, 6.07) is 25.8. The van der Waals surface area contributed by atoms with E-state index in [0.717, 1.165) is 36.3 Å². The topological polar surface area (TPSA) is 27.7 Å². The molecule has 3 rings (SSSR count). The molecular weight excluding hydrogens is 519 g/mol. The molecule has 5 heteroatoms. The molecule has 0 saturated carbocycles. The second-order valence-corrected chi connectivity index (χ2v) is 17.9. The summed E-state index contributed by atoms with van der Waals surface area (Å²) in [5, 5.41) is 0.876. The second kappa shape index (κ2) is 12.6.